The minimum absolute atomic E-state index is 0.236. The Bertz CT molecular complexity index is 530. The molecule has 100 valence electrons. The summed E-state index contributed by atoms with van der Waals surface area (Å²) in [5, 5.41) is 0. The molecule has 0 bridgehead atoms. The Morgan fingerprint density at radius 1 is 1.21 bits per heavy atom. The van der Waals surface area contributed by atoms with Crippen molar-refractivity contribution in [2.45, 2.75) is 44.7 Å². The molecule has 3 rings (SSSR count). The van der Waals surface area contributed by atoms with Gasteiger partial charge in [0.25, 0.3) is 0 Å². The van der Waals surface area contributed by atoms with Crippen molar-refractivity contribution in [1.29, 1.82) is 0 Å². The number of pyridine rings is 1. The van der Waals surface area contributed by atoms with Gasteiger partial charge in [0, 0.05) is 37.4 Å². The van der Waals surface area contributed by atoms with E-state index in [2.05, 4.69) is 34.1 Å². The fraction of sp³-hybridized carbons (Fsp3) is 0.438. The summed E-state index contributed by atoms with van der Waals surface area (Å²) in [6, 6.07) is 4.40. The topological polar surface area (TPSA) is 43.8 Å². The molecule has 1 atom stereocenters. The molecule has 1 unspecified atom stereocenters. The maximum atomic E-state index is 6.25. The van der Waals surface area contributed by atoms with Crippen LogP contribution in [0.3, 0.4) is 0 Å². The molecule has 0 aliphatic heterocycles. The van der Waals surface area contributed by atoms with Gasteiger partial charge in [-0.2, -0.15) is 0 Å². The molecule has 0 aromatic carbocycles. The zero-order chi connectivity index (χ0) is 13.1. The number of hydrogen-bond donors (Lipinski definition) is 1. The fourth-order valence-corrected chi connectivity index (χ4v) is 2.89. The first kappa shape index (κ1) is 12.4. The van der Waals surface area contributed by atoms with Crippen molar-refractivity contribution in [3.05, 3.63) is 53.6 Å². The molecule has 2 aromatic heterocycles. The van der Waals surface area contributed by atoms with Crippen LogP contribution in [0.1, 0.15) is 42.0 Å². The largest absolute Gasteiger partial charge is 0.353 e. The molecule has 0 fully saturated rings. The summed E-state index contributed by atoms with van der Waals surface area (Å²) < 4.78 is 2.30. The van der Waals surface area contributed by atoms with Crippen LogP contribution in [-0.4, -0.2) is 9.55 Å². The van der Waals surface area contributed by atoms with Gasteiger partial charge in [-0.3, -0.25) is 4.98 Å². The van der Waals surface area contributed by atoms with E-state index >= 15 is 0 Å². The first-order valence-electron chi connectivity index (χ1n) is 7.16. The number of nitrogens with two attached hydrogens (primary N) is 1. The summed E-state index contributed by atoms with van der Waals surface area (Å²) in [6.07, 6.45) is 14.2. The highest BCUT2D eigenvalue weighted by Crippen LogP contribution is 2.27. The molecule has 3 nitrogen and oxygen atoms in total. The lowest BCUT2D eigenvalue weighted by molar-refractivity contribution is 0.606. The minimum Gasteiger partial charge on any atom is -0.353 e. The number of aryl methyl sites for hydroxylation is 3. The monoisotopic (exact) mass is 255 g/mol. The van der Waals surface area contributed by atoms with Crippen molar-refractivity contribution in [1.82, 2.24) is 9.55 Å². The van der Waals surface area contributed by atoms with Crippen molar-refractivity contribution in [2.75, 3.05) is 0 Å². The van der Waals surface area contributed by atoms with Gasteiger partial charge in [-0.15, -0.1) is 0 Å². The summed E-state index contributed by atoms with van der Waals surface area (Å²) in [7, 11) is 0. The van der Waals surface area contributed by atoms with E-state index in [9.17, 15) is 0 Å². The van der Waals surface area contributed by atoms with Gasteiger partial charge in [-0.25, -0.2) is 0 Å². The second-order valence-corrected chi connectivity index (χ2v) is 5.43. The lowest BCUT2D eigenvalue weighted by Crippen LogP contribution is -2.09. The summed E-state index contributed by atoms with van der Waals surface area (Å²) in [6.45, 7) is 1.02. The van der Waals surface area contributed by atoms with Crippen LogP contribution in [0, 0.1) is 0 Å². The van der Waals surface area contributed by atoms with Gasteiger partial charge in [0.2, 0.25) is 0 Å². The molecule has 3 heteroatoms. The summed E-state index contributed by atoms with van der Waals surface area (Å²) in [5.74, 6) is 0. The highest BCUT2D eigenvalue weighted by Gasteiger charge is 2.17. The molecule has 0 amide bonds. The van der Waals surface area contributed by atoms with Crippen LogP contribution in [0.5, 0.6) is 0 Å². The molecule has 1 aliphatic rings. The number of hydrogen-bond acceptors (Lipinski definition) is 2. The second-order valence-electron chi connectivity index (χ2n) is 5.43. The van der Waals surface area contributed by atoms with Crippen molar-refractivity contribution >= 4 is 0 Å². The fourth-order valence-electron chi connectivity index (χ4n) is 2.89. The average molecular weight is 255 g/mol. The number of nitrogens with zero attached hydrogens (tertiary/aromatic N) is 2. The standard InChI is InChI=1S/C16H21N3/c17-16-4-2-1-3-14-11-19(12-15(14)16)10-7-13-5-8-18-9-6-13/h5-6,8-9,11-12,16H,1-4,7,10,17H2. The van der Waals surface area contributed by atoms with E-state index in [0.29, 0.717) is 0 Å². The maximum Gasteiger partial charge on any atom is 0.0312 e. The molecular weight excluding hydrogens is 234 g/mol. The Hall–Kier alpha value is -1.61. The third-order valence-corrected chi connectivity index (χ3v) is 4.02. The first-order chi connectivity index (χ1) is 9.33. The SMILES string of the molecule is NC1CCCCc2cn(CCc3ccncc3)cc21. The third-order valence-electron chi connectivity index (χ3n) is 4.02. The summed E-state index contributed by atoms with van der Waals surface area (Å²) in [4.78, 5) is 4.05. The van der Waals surface area contributed by atoms with Crippen LogP contribution < -0.4 is 5.73 Å². The predicted molar refractivity (Wildman–Crippen MR) is 76.9 cm³/mol. The van der Waals surface area contributed by atoms with E-state index in [1.807, 2.05) is 12.4 Å². The highest BCUT2D eigenvalue weighted by atomic mass is 14.9. The van der Waals surface area contributed by atoms with E-state index < -0.39 is 0 Å². The molecule has 0 saturated carbocycles. The van der Waals surface area contributed by atoms with E-state index in [4.69, 9.17) is 5.73 Å². The van der Waals surface area contributed by atoms with Crippen LogP contribution >= 0.6 is 0 Å². The molecule has 2 heterocycles. The molecule has 19 heavy (non-hydrogen) atoms. The van der Waals surface area contributed by atoms with E-state index in [-0.39, 0.29) is 6.04 Å². The van der Waals surface area contributed by atoms with Crippen molar-refractivity contribution < 1.29 is 0 Å². The van der Waals surface area contributed by atoms with Gasteiger partial charge < -0.3 is 10.3 Å². The van der Waals surface area contributed by atoms with Crippen LogP contribution in [0.25, 0.3) is 0 Å². The Labute approximate surface area is 114 Å². The number of fused-ring (bicyclic) bond motifs is 1. The molecule has 0 saturated heterocycles. The zero-order valence-electron chi connectivity index (χ0n) is 11.3. The molecule has 2 N–H and O–H groups in total. The Kier molecular flexibility index (Phi) is 3.65. The first-order valence-corrected chi connectivity index (χ1v) is 7.16. The van der Waals surface area contributed by atoms with Gasteiger partial charge in [0.15, 0.2) is 0 Å². The maximum absolute atomic E-state index is 6.25. The van der Waals surface area contributed by atoms with Crippen LogP contribution in [0.15, 0.2) is 36.9 Å². The van der Waals surface area contributed by atoms with Crippen molar-refractivity contribution in [3.63, 3.8) is 0 Å². The smallest absolute Gasteiger partial charge is 0.0312 e. The van der Waals surface area contributed by atoms with Crippen molar-refractivity contribution in [2.24, 2.45) is 5.73 Å². The Morgan fingerprint density at radius 2 is 2.05 bits per heavy atom. The minimum atomic E-state index is 0.236. The average Bonchev–Trinajstić information content (AvgIpc) is 2.78. The second kappa shape index (κ2) is 5.57. The normalized spacial score (nSPS) is 18.9. The van der Waals surface area contributed by atoms with Crippen molar-refractivity contribution in [3.8, 4) is 0 Å². The lowest BCUT2D eigenvalue weighted by Gasteiger charge is -2.07. The van der Waals surface area contributed by atoms with Gasteiger partial charge in [0.05, 0.1) is 0 Å². The van der Waals surface area contributed by atoms with Gasteiger partial charge in [-0.1, -0.05) is 6.42 Å². The molecular formula is C16H21N3. The molecule has 1 aliphatic carbocycles. The molecule has 2 aromatic rings. The quantitative estimate of drug-likeness (QED) is 0.857. The zero-order valence-corrected chi connectivity index (χ0v) is 11.3. The molecule has 0 radical (unpaired) electrons. The third kappa shape index (κ3) is 2.87. The number of aromatic nitrogens is 2. The van der Waals surface area contributed by atoms with Gasteiger partial charge in [-0.05, 0) is 54.5 Å². The van der Waals surface area contributed by atoms with E-state index in [1.165, 1.54) is 36.0 Å². The van der Waals surface area contributed by atoms with Gasteiger partial charge >= 0.3 is 0 Å². The van der Waals surface area contributed by atoms with E-state index in [1.54, 1.807) is 0 Å². The predicted octanol–water partition coefficient (Wildman–Crippen LogP) is 2.85. The Morgan fingerprint density at radius 3 is 2.89 bits per heavy atom. The van der Waals surface area contributed by atoms with E-state index in [0.717, 1.165) is 19.4 Å². The van der Waals surface area contributed by atoms with Gasteiger partial charge in [0.1, 0.15) is 0 Å². The summed E-state index contributed by atoms with van der Waals surface area (Å²) >= 11 is 0. The number of rotatable bonds is 3. The van der Waals surface area contributed by atoms with Crippen LogP contribution in [0.4, 0.5) is 0 Å². The highest BCUT2D eigenvalue weighted by molar-refractivity contribution is 5.29. The molecule has 0 spiro atoms. The lowest BCUT2D eigenvalue weighted by atomic mass is 10.1. The summed E-state index contributed by atoms with van der Waals surface area (Å²) in [5.41, 5.74) is 10.4. The van der Waals surface area contributed by atoms with Crippen LogP contribution in [0.2, 0.25) is 0 Å². The Balaban J connectivity index is 1.71. The van der Waals surface area contributed by atoms with Crippen LogP contribution in [-0.2, 0) is 19.4 Å².